The molecule has 5 nitrogen and oxygen atoms in total. The number of amides is 1. The Balaban J connectivity index is 1.99. The highest BCUT2D eigenvalue weighted by Gasteiger charge is 2.19. The summed E-state index contributed by atoms with van der Waals surface area (Å²) in [7, 11) is 0. The Hall–Kier alpha value is -2.37. The molecule has 6 heteroatoms. The van der Waals surface area contributed by atoms with Crippen LogP contribution in [0.3, 0.4) is 0 Å². The number of aromatic nitrogens is 1. The third kappa shape index (κ3) is 3.54. The van der Waals surface area contributed by atoms with Gasteiger partial charge in [0.15, 0.2) is 11.9 Å². The van der Waals surface area contributed by atoms with E-state index in [4.69, 9.17) is 4.74 Å². The third-order valence-electron chi connectivity index (χ3n) is 2.44. The molecule has 0 saturated heterocycles. The number of carbonyl (C=O) groups excluding carboxylic acids is 1. The Morgan fingerprint density at radius 3 is 2.74 bits per heavy atom. The second-order valence-electron chi connectivity index (χ2n) is 3.84. The van der Waals surface area contributed by atoms with Crippen molar-refractivity contribution in [3.8, 4) is 5.75 Å². The van der Waals surface area contributed by atoms with Crippen molar-refractivity contribution in [2.24, 2.45) is 0 Å². The zero-order chi connectivity index (χ0) is 13.7. The molecule has 0 spiro atoms. The Kier molecular flexibility index (Phi) is 4.12. The van der Waals surface area contributed by atoms with Gasteiger partial charge >= 0.3 is 0 Å². The summed E-state index contributed by atoms with van der Waals surface area (Å²) in [5.74, 6) is 0.0721. The van der Waals surface area contributed by atoms with Gasteiger partial charge in [-0.15, -0.1) is 0 Å². The maximum Gasteiger partial charge on any atom is 0.266 e. The fourth-order valence-electron chi connectivity index (χ4n) is 1.48. The van der Waals surface area contributed by atoms with E-state index in [1.165, 1.54) is 36.6 Å². The van der Waals surface area contributed by atoms with Crippen molar-refractivity contribution >= 4 is 11.7 Å². The van der Waals surface area contributed by atoms with Crippen LogP contribution in [-0.4, -0.2) is 17.2 Å². The summed E-state index contributed by atoms with van der Waals surface area (Å²) in [5, 5.41) is 6.14. The number of halogens is 1. The van der Waals surface area contributed by atoms with Crippen LogP contribution in [0.15, 0.2) is 41.1 Å². The van der Waals surface area contributed by atoms with Crippen LogP contribution in [0.1, 0.15) is 13.3 Å². The first-order valence-corrected chi connectivity index (χ1v) is 5.82. The van der Waals surface area contributed by atoms with E-state index in [0.29, 0.717) is 18.0 Å². The molecule has 1 heterocycles. The molecule has 0 bridgehead atoms. The van der Waals surface area contributed by atoms with Gasteiger partial charge in [-0.05, 0) is 30.7 Å². The van der Waals surface area contributed by atoms with Gasteiger partial charge in [-0.25, -0.2) is 4.39 Å². The van der Waals surface area contributed by atoms with Gasteiger partial charge in [0.05, 0.1) is 0 Å². The molecule has 1 unspecified atom stereocenters. The quantitative estimate of drug-likeness (QED) is 0.901. The first-order chi connectivity index (χ1) is 9.19. The molecular formula is C13H13FN2O3. The summed E-state index contributed by atoms with van der Waals surface area (Å²) in [6.07, 6.45) is 1.15. The van der Waals surface area contributed by atoms with Crippen molar-refractivity contribution in [2.75, 3.05) is 5.32 Å². The van der Waals surface area contributed by atoms with Gasteiger partial charge in [0.25, 0.3) is 5.91 Å². The molecule has 0 aliphatic heterocycles. The number of anilines is 1. The number of benzene rings is 1. The maximum atomic E-state index is 12.8. The second-order valence-corrected chi connectivity index (χ2v) is 3.84. The van der Waals surface area contributed by atoms with Crippen molar-refractivity contribution in [3.05, 3.63) is 42.4 Å². The maximum absolute atomic E-state index is 12.8. The smallest absolute Gasteiger partial charge is 0.266 e. The molecule has 0 fully saturated rings. The number of rotatable bonds is 5. The summed E-state index contributed by atoms with van der Waals surface area (Å²) in [5.41, 5.74) is 0. The van der Waals surface area contributed by atoms with E-state index < -0.39 is 6.10 Å². The molecule has 2 rings (SSSR count). The average molecular weight is 264 g/mol. The molecule has 1 N–H and O–H groups in total. The highest BCUT2D eigenvalue weighted by molar-refractivity contribution is 5.93. The first-order valence-electron chi connectivity index (χ1n) is 5.82. The lowest BCUT2D eigenvalue weighted by atomic mass is 10.2. The van der Waals surface area contributed by atoms with Gasteiger partial charge in [-0.3, -0.25) is 4.79 Å². The van der Waals surface area contributed by atoms with Crippen LogP contribution in [0.2, 0.25) is 0 Å². The molecule has 0 aliphatic rings. The van der Waals surface area contributed by atoms with Crippen LogP contribution in [0, 0.1) is 5.82 Å². The molecule has 0 aliphatic carbocycles. The summed E-state index contributed by atoms with van der Waals surface area (Å²) in [4.78, 5) is 11.9. The molecule has 1 atom stereocenters. The van der Waals surface area contributed by atoms with Crippen molar-refractivity contribution in [1.29, 1.82) is 0 Å². The lowest BCUT2D eigenvalue weighted by Crippen LogP contribution is -2.32. The summed E-state index contributed by atoms with van der Waals surface area (Å²) >= 11 is 0. The molecule has 1 aromatic heterocycles. The number of hydrogen-bond acceptors (Lipinski definition) is 4. The minimum Gasteiger partial charge on any atom is -0.481 e. The normalized spacial score (nSPS) is 11.9. The van der Waals surface area contributed by atoms with Gasteiger partial charge in [0.1, 0.15) is 17.8 Å². The average Bonchev–Trinajstić information content (AvgIpc) is 2.90. The lowest BCUT2D eigenvalue weighted by Gasteiger charge is -2.16. The SMILES string of the molecule is CCC(Oc1ccc(F)cc1)C(=O)Nc1ccon1. The summed E-state index contributed by atoms with van der Waals surface area (Å²) in [6.45, 7) is 1.82. The van der Waals surface area contributed by atoms with E-state index in [0.717, 1.165) is 0 Å². The Morgan fingerprint density at radius 2 is 2.16 bits per heavy atom. The van der Waals surface area contributed by atoms with Crippen LogP contribution in [-0.2, 0) is 4.79 Å². The highest BCUT2D eigenvalue weighted by Crippen LogP contribution is 2.15. The van der Waals surface area contributed by atoms with Gasteiger partial charge in [0.2, 0.25) is 0 Å². The van der Waals surface area contributed by atoms with E-state index in [2.05, 4.69) is 15.0 Å². The van der Waals surface area contributed by atoms with Crippen molar-refractivity contribution in [1.82, 2.24) is 5.16 Å². The van der Waals surface area contributed by atoms with Crippen LogP contribution in [0.5, 0.6) is 5.75 Å². The van der Waals surface area contributed by atoms with E-state index >= 15 is 0 Å². The predicted octanol–water partition coefficient (Wildman–Crippen LogP) is 2.61. The van der Waals surface area contributed by atoms with Gasteiger partial charge in [-0.1, -0.05) is 12.1 Å². The fraction of sp³-hybridized carbons (Fsp3) is 0.231. The number of nitrogens with one attached hydrogen (secondary N) is 1. The molecule has 100 valence electrons. The number of carbonyl (C=O) groups is 1. The fourth-order valence-corrected chi connectivity index (χ4v) is 1.48. The van der Waals surface area contributed by atoms with E-state index in [1.807, 2.05) is 6.92 Å². The van der Waals surface area contributed by atoms with E-state index in [1.54, 1.807) is 0 Å². The minimum atomic E-state index is -0.679. The van der Waals surface area contributed by atoms with Crippen LogP contribution in [0.25, 0.3) is 0 Å². The third-order valence-corrected chi connectivity index (χ3v) is 2.44. The van der Waals surface area contributed by atoms with Crippen LogP contribution < -0.4 is 10.1 Å². The molecule has 0 saturated carbocycles. The first kappa shape index (κ1) is 13.1. The number of hydrogen-bond donors (Lipinski definition) is 1. The number of nitrogens with zero attached hydrogens (tertiary/aromatic N) is 1. The van der Waals surface area contributed by atoms with Crippen molar-refractivity contribution < 1.29 is 18.4 Å². The monoisotopic (exact) mass is 264 g/mol. The van der Waals surface area contributed by atoms with Crippen LogP contribution >= 0.6 is 0 Å². The lowest BCUT2D eigenvalue weighted by molar-refractivity contribution is -0.122. The Morgan fingerprint density at radius 1 is 1.42 bits per heavy atom. The predicted molar refractivity (Wildman–Crippen MR) is 66.2 cm³/mol. The second kappa shape index (κ2) is 5.99. The molecule has 1 aromatic carbocycles. The largest absolute Gasteiger partial charge is 0.481 e. The van der Waals surface area contributed by atoms with Crippen molar-refractivity contribution in [2.45, 2.75) is 19.4 Å². The Labute approximate surface area is 109 Å². The molecule has 2 aromatic rings. The van der Waals surface area contributed by atoms with E-state index in [-0.39, 0.29) is 11.7 Å². The van der Waals surface area contributed by atoms with Crippen LogP contribution in [0.4, 0.5) is 10.2 Å². The standard InChI is InChI=1S/C13H13FN2O3/c1-2-11(13(17)15-12-7-8-18-16-12)19-10-5-3-9(14)4-6-10/h3-8,11H,2H2,1H3,(H,15,16,17). The zero-order valence-electron chi connectivity index (χ0n) is 10.3. The zero-order valence-corrected chi connectivity index (χ0v) is 10.3. The van der Waals surface area contributed by atoms with Gasteiger partial charge < -0.3 is 14.6 Å². The molecule has 0 radical (unpaired) electrons. The Bertz CT molecular complexity index is 525. The van der Waals surface area contributed by atoms with Crippen molar-refractivity contribution in [3.63, 3.8) is 0 Å². The van der Waals surface area contributed by atoms with Gasteiger partial charge in [0, 0.05) is 6.07 Å². The minimum absolute atomic E-state index is 0.325. The summed E-state index contributed by atoms with van der Waals surface area (Å²) in [6, 6.07) is 7.03. The molecule has 19 heavy (non-hydrogen) atoms. The van der Waals surface area contributed by atoms with E-state index in [9.17, 15) is 9.18 Å². The highest BCUT2D eigenvalue weighted by atomic mass is 19.1. The molecule has 1 amide bonds. The topological polar surface area (TPSA) is 64.4 Å². The summed E-state index contributed by atoms with van der Waals surface area (Å²) < 4.78 is 22.9. The molecular weight excluding hydrogens is 251 g/mol. The van der Waals surface area contributed by atoms with Gasteiger partial charge in [-0.2, -0.15) is 0 Å². The number of ether oxygens (including phenoxy) is 1.